The van der Waals surface area contributed by atoms with Gasteiger partial charge in [0.25, 0.3) is 5.91 Å². The Morgan fingerprint density at radius 3 is 2.78 bits per heavy atom. The topological polar surface area (TPSA) is 84.0 Å². The van der Waals surface area contributed by atoms with Crippen molar-refractivity contribution in [3.8, 4) is 35.9 Å². The van der Waals surface area contributed by atoms with Gasteiger partial charge >= 0.3 is 0 Å². The zero-order chi connectivity index (χ0) is 23.1. The third-order valence-electron chi connectivity index (χ3n) is 5.40. The van der Waals surface area contributed by atoms with Crippen molar-refractivity contribution in [3.63, 3.8) is 0 Å². The highest BCUT2D eigenvalue weighted by molar-refractivity contribution is 6.00. The van der Waals surface area contributed by atoms with Crippen LogP contribution in [0, 0.1) is 31.1 Å². The Bertz CT molecular complexity index is 1160. The number of carbonyl (C=O) groups is 1. The van der Waals surface area contributed by atoms with E-state index in [4.69, 9.17) is 4.74 Å². The second kappa shape index (κ2) is 10.3. The number of amides is 1. The number of piperidine rings is 1. The van der Waals surface area contributed by atoms with Crippen LogP contribution >= 0.6 is 0 Å². The van der Waals surface area contributed by atoms with E-state index in [-0.39, 0.29) is 12.0 Å². The van der Waals surface area contributed by atoms with Crippen molar-refractivity contribution < 1.29 is 9.53 Å². The molecule has 1 amide bonds. The van der Waals surface area contributed by atoms with Gasteiger partial charge < -0.3 is 9.64 Å². The molecule has 32 heavy (non-hydrogen) atoms. The summed E-state index contributed by atoms with van der Waals surface area (Å²) < 4.78 is 7.82. The molecule has 7 heteroatoms. The second-order valence-corrected chi connectivity index (χ2v) is 7.48. The average molecular weight is 428 g/mol. The van der Waals surface area contributed by atoms with Crippen LogP contribution in [-0.2, 0) is 7.05 Å². The van der Waals surface area contributed by atoms with E-state index in [1.807, 2.05) is 49.3 Å². The van der Waals surface area contributed by atoms with Gasteiger partial charge in [-0.1, -0.05) is 18.2 Å². The fourth-order valence-electron chi connectivity index (χ4n) is 3.79. The zero-order valence-electron chi connectivity index (χ0n) is 18.2. The van der Waals surface area contributed by atoms with Crippen molar-refractivity contribution in [1.29, 1.82) is 5.26 Å². The Labute approximate surface area is 188 Å². The third-order valence-corrected chi connectivity index (χ3v) is 5.40. The van der Waals surface area contributed by atoms with Gasteiger partial charge in [0.2, 0.25) is 5.88 Å². The maximum atomic E-state index is 13.4. The minimum Gasteiger partial charge on any atom is -0.472 e. The SMILES string of the molecule is C#C.Cc1c(C#N)ccnc1O[C@@H]1CCCN(C(=O)c2ccccc2-c2cnn(C)c2)C1. The summed E-state index contributed by atoms with van der Waals surface area (Å²) in [6.07, 6.45) is 14.8. The number of aryl methyl sites for hydroxylation is 1. The number of nitrogens with zero attached hydrogens (tertiary/aromatic N) is 5. The summed E-state index contributed by atoms with van der Waals surface area (Å²) >= 11 is 0. The van der Waals surface area contributed by atoms with E-state index in [0.29, 0.717) is 30.1 Å². The lowest BCUT2D eigenvalue weighted by Crippen LogP contribution is -2.44. The molecule has 0 bridgehead atoms. The first-order chi connectivity index (χ1) is 15.6. The van der Waals surface area contributed by atoms with E-state index < -0.39 is 0 Å². The summed E-state index contributed by atoms with van der Waals surface area (Å²) in [5.74, 6) is 0.447. The minimum absolute atomic E-state index is 0.0155. The molecule has 1 fully saturated rings. The number of likely N-dealkylation sites (tertiary alicyclic amines) is 1. The Morgan fingerprint density at radius 2 is 2.06 bits per heavy atom. The number of rotatable bonds is 4. The van der Waals surface area contributed by atoms with Crippen molar-refractivity contribution in [2.75, 3.05) is 13.1 Å². The molecule has 162 valence electrons. The molecule has 1 aliphatic heterocycles. The molecule has 2 aromatic heterocycles. The van der Waals surface area contributed by atoms with Gasteiger partial charge in [-0.05, 0) is 37.5 Å². The van der Waals surface area contributed by atoms with Gasteiger partial charge in [0.15, 0.2) is 0 Å². The van der Waals surface area contributed by atoms with Crippen molar-refractivity contribution in [2.24, 2.45) is 7.05 Å². The summed E-state index contributed by atoms with van der Waals surface area (Å²) in [6, 6.07) is 11.4. The number of pyridine rings is 1. The molecule has 1 saturated heterocycles. The van der Waals surface area contributed by atoms with Gasteiger partial charge in [0.1, 0.15) is 6.10 Å². The number of ether oxygens (including phenoxy) is 1. The molecule has 3 heterocycles. The van der Waals surface area contributed by atoms with Crippen LogP contribution in [0.25, 0.3) is 11.1 Å². The summed E-state index contributed by atoms with van der Waals surface area (Å²) in [7, 11) is 1.86. The van der Waals surface area contributed by atoms with Crippen LogP contribution in [0.1, 0.15) is 34.3 Å². The molecular formula is C25H25N5O2. The lowest BCUT2D eigenvalue weighted by atomic mass is 10.00. The number of terminal acetylenes is 1. The van der Waals surface area contributed by atoms with Gasteiger partial charge in [0, 0.05) is 42.7 Å². The molecule has 0 spiro atoms. The van der Waals surface area contributed by atoms with E-state index in [2.05, 4.69) is 29.0 Å². The maximum absolute atomic E-state index is 13.4. The molecule has 4 rings (SSSR count). The Morgan fingerprint density at radius 1 is 1.28 bits per heavy atom. The first-order valence-electron chi connectivity index (χ1n) is 10.3. The fourth-order valence-corrected chi connectivity index (χ4v) is 3.79. The normalized spacial score (nSPS) is 15.2. The van der Waals surface area contributed by atoms with Crippen LogP contribution in [0.4, 0.5) is 0 Å². The van der Waals surface area contributed by atoms with E-state index in [1.54, 1.807) is 23.1 Å². The molecule has 3 aromatic rings. The minimum atomic E-state index is -0.159. The average Bonchev–Trinajstić information content (AvgIpc) is 3.27. The molecule has 0 unspecified atom stereocenters. The van der Waals surface area contributed by atoms with E-state index in [0.717, 1.165) is 29.5 Å². The molecular weight excluding hydrogens is 402 g/mol. The van der Waals surface area contributed by atoms with Crippen LogP contribution in [0.2, 0.25) is 0 Å². The number of carbonyl (C=O) groups excluding carboxylic acids is 1. The third kappa shape index (κ3) is 4.79. The predicted octanol–water partition coefficient (Wildman–Crippen LogP) is 3.60. The van der Waals surface area contributed by atoms with E-state index >= 15 is 0 Å². The Kier molecular flexibility index (Phi) is 7.25. The molecule has 1 aliphatic rings. The smallest absolute Gasteiger partial charge is 0.254 e. The van der Waals surface area contributed by atoms with Gasteiger partial charge in [-0.25, -0.2) is 4.98 Å². The fraction of sp³-hybridized carbons (Fsp3) is 0.280. The van der Waals surface area contributed by atoms with Gasteiger partial charge in [0.05, 0.1) is 24.4 Å². The monoisotopic (exact) mass is 427 g/mol. The quantitative estimate of drug-likeness (QED) is 0.594. The van der Waals surface area contributed by atoms with E-state index in [1.165, 1.54) is 0 Å². The lowest BCUT2D eigenvalue weighted by molar-refractivity contribution is 0.0527. The first-order valence-corrected chi connectivity index (χ1v) is 10.3. The molecule has 0 aliphatic carbocycles. The first kappa shape index (κ1) is 22.6. The molecule has 1 aromatic carbocycles. The number of hydrogen-bond donors (Lipinski definition) is 0. The lowest BCUT2D eigenvalue weighted by Gasteiger charge is -2.33. The molecule has 0 N–H and O–H groups in total. The van der Waals surface area contributed by atoms with Crippen LogP contribution < -0.4 is 4.74 Å². The predicted molar refractivity (Wildman–Crippen MR) is 122 cm³/mol. The second-order valence-electron chi connectivity index (χ2n) is 7.48. The number of benzene rings is 1. The van der Waals surface area contributed by atoms with Crippen LogP contribution in [0.5, 0.6) is 5.88 Å². The highest BCUT2D eigenvalue weighted by Gasteiger charge is 2.28. The van der Waals surface area contributed by atoms with Gasteiger partial charge in [-0.15, -0.1) is 12.8 Å². The summed E-state index contributed by atoms with van der Waals surface area (Å²) in [6.45, 7) is 3.00. The highest BCUT2D eigenvalue weighted by Crippen LogP contribution is 2.27. The number of aromatic nitrogens is 3. The van der Waals surface area contributed by atoms with Crippen LogP contribution in [0.15, 0.2) is 48.9 Å². The van der Waals surface area contributed by atoms with E-state index in [9.17, 15) is 10.1 Å². The summed E-state index contributed by atoms with van der Waals surface area (Å²) in [4.78, 5) is 19.5. The number of nitriles is 1. The summed E-state index contributed by atoms with van der Waals surface area (Å²) in [5, 5.41) is 13.4. The highest BCUT2D eigenvalue weighted by atomic mass is 16.5. The zero-order valence-corrected chi connectivity index (χ0v) is 18.2. The standard InChI is InChI=1S/C23H23N5O2.C2H2/c1-16-17(12-24)9-10-25-22(16)30-19-6-5-11-28(15-19)23(29)21-8-4-3-7-20(21)18-13-26-27(2)14-18;1-2/h3-4,7-10,13-14,19H,5-6,11,15H2,1-2H3;1-2H/t19-;/m1./s1. The molecule has 0 radical (unpaired) electrons. The van der Waals surface area contributed by atoms with Crippen molar-refractivity contribution in [1.82, 2.24) is 19.7 Å². The number of hydrogen-bond acceptors (Lipinski definition) is 5. The molecule has 0 saturated carbocycles. The van der Waals surface area contributed by atoms with Crippen molar-refractivity contribution >= 4 is 5.91 Å². The summed E-state index contributed by atoms with van der Waals surface area (Å²) in [5.41, 5.74) is 3.73. The van der Waals surface area contributed by atoms with Gasteiger partial charge in [-0.2, -0.15) is 10.4 Å². The Hall–Kier alpha value is -4.10. The van der Waals surface area contributed by atoms with Crippen molar-refractivity contribution in [3.05, 3.63) is 65.6 Å². The van der Waals surface area contributed by atoms with Crippen molar-refractivity contribution in [2.45, 2.75) is 25.9 Å². The molecule has 1 atom stereocenters. The van der Waals surface area contributed by atoms with Gasteiger partial charge in [-0.3, -0.25) is 9.48 Å². The van der Waals surface area contributed by atoms with Crippen LogP contribution in [-0.4, -0.2) is 44.8 Å². The van der Waals surface area contributed by atoms with Crippen LogP contribution in [0.3, 0.4) is 0 Å². The molecule has 7 nitrogen and oxygen atoms in total. The largest absolute Gasteiger partial charge is 0.472 e. The maximum Gasteiger partial charge on any atom is 0.254 e. The Balaban J connectivity index is 0.00000141.